The fourth-order valence-electron chi connectivity index (χ4n) is 1.33. The maximum Gasteiger partial charge on any atom is 0.119 e. The summed E-state index contributed by atoms with van der Waals surface area (Å²) in [6, 6.07) is 7.62. The second-order valence-electron chi connectivity index (χ2n) is 3.23. The number of halogens is 1. The molecular formula is C12H16FNO. The number of hydrogen-bond donors (Lipinski definition) is 1. The Bertz CT molecular complexity index is 336. The van der Waals surface area contributed by atoms with Gasteiger partial charge in [0.25, 0.3) is 0 Å². The Balaban J connectivity index is 2.72. The summed E-state index contributed by atoms with van der Waals surface area (Å²) in [5, 5.41) is 0. The van der Waals surface area contributed by atoms with Crippen molar-refractivity contribution in [3.05, 3.63) is 41.7 Å². The van der Waals surface area contributed by atoms with E-state index in [1.165, 1.54) is 0 Å². The highest BCUT2D eigenvalue weighted by molar-refractivity contribution is 5.31. The molecule has 0 aliphatic rings. The lowest BCUT2D eigenvalue weighted by atomic mass is 10.1. The van der Waals surface area contributed by atoms with E-state index in [2.05, 4.69) is 0 Å². The van der Waals surface area contributed by atoms with Crippen LogP contribution in [0.3, 0.4) is 0 Å². The third-order valence-electron chi connectivity index (χ3n) is 2.06. The van der Waals surface area contributed by atoms with Gasteiger partial charge in [-0.2, -0.15) is 0 Å². The number of rotatable bonds is 5. The van der Waals surface area contributed by atoms with Gasteiger partial charge in [0, 0.05) is 6.54 Å². The lowest BCUT2D eigenvalue weighted by Gasteiger charge is -2.06. The van der Waals surface area contributed by atoms with Gasteiger partial charge in [-0.25, -0.2) is 4.39 Å². The number of benzene rings is 1. The van der Waals surface area contributed by atoms with Crippen LogP contribution in [0.25, 0.3) is 0 Å². The third kappa shape index (κ3) is 3.72. The van der Waals surface area contributed by atoms with Crippen molar-refractivity contribution in [1.82, 2.24) is 0 Å². The molecule has 0 radical (unpaired) electrons. The third-order valence-corrected chi connectivity index (χ3v) is 2.06. The zero-order valence-corrected chi connectivity index (χ0v) is 8.87. The van der Waals surface area contributed by atoms with Crippen molar-refractivity contribution >= 4 is 0 Å². The standard InChI is InChI=1S/C12H16FNO/c1-2-15-12-5-3-4-10(7-12)6-11(8-13)9-14/h3-5,7-8H,2,6,9,14H2,1H3. The van der Waals surface area contributed by atoms with Gasteiger partial charge in [-0.05, 0) is 36.6 Å². The summed E-state index contributed by atoms with van der Waals surface area (Å²) in [6.45, 7) is 2.81. The molecule has 82 valence electrons. The van der Waals surface area contributed by atoms with E-state index in [4.69, 9.17) is 10.5 Å². The van der Waals surface area contributed by atoms with E-state index in [0.717, 1.165) is 11.3 Å². The van der Waals surface area contributed by atoms with E-state index >= 15 is 0 Å². The average Bonchev–Trinajstić information content (AvgIpc) is 2.27. The predicted molar refractivity (Wildman–Crippen MR) is 59.6 cm³/mol. The average molecular weight is 209 g/mol. The molecule has 3 heteroatoms. The first-order valence-corrected chi connectivity index (χ1v) is 5.00. The lowest BCUT2D eigenvalue weighted by molar-refractivity contribution is 0.340. The van der Waals surface area contributed by atoms with Crippen molar-refractivity contribution in [2.45, 2.75) is 13.3 Å². The molecule has 0 spiro atoms. The van der Waals surface area contributed by atoms with Crippen LogP contribution in [0.4, 0.5) is 4.39 Å². The Morgan fingerprint density at radius 2 is 2.33 bits per heavy atom. The molecule has 0 atom stereocenters. The van der Waals surface area contributed by atoms with Crippen molar-refractivity contribution in [2.75, 3.05) is 13.2 Å². The molecule has 1 rings (SSSR count). The molecule has 2 nitrogen and oxygen atoms in total. The Labute approximate surface area is 89.6 Å². The Kier molecular flexibility index (Phi) is 4.84. The summed E-state index contributed by atoms with van der Waals surface area (Å²) in [5.41, 5.74) is 6.98. The highest BCUT2D eigenvalue weighted by Crippen LogP contribution is 2.15. The van der Waals surface area contributed by atoms with Crippen LogP contribution >= 0.6 is 0 Å². The van der Waals surface area contributed by atoms with Crippen LogP contribution in [0.15, 0.2) is 36.2 Å². The van der Waals surface area contributed by atoms with E-state index in [-0.39, 0.29) is 6.54 Å². The maximum atomic E-state index is 12.3. The topological polar surface area (TPSA) is 35.2 Å². The minimum atomic E-state index is 0.245. The molecule has 1 aromatic rings. The monoisotopic (exact) mass is 209 g/mol. The zero-order chi connectivity index (χ0) is 11.1. The molecule has 0 aliphatic heterocycles. The first-order valence-electron chi connectivity index (χ1n) is 5.00. The molecule has 15 heavy (non-hydrogen) atoms. The molecule has 0 unspecified atom stereocenters. The van der Waals surface area contributed by atoms with Crippen LogP contribution < -0.4 is 10.5 Å². The quantitative estimate of drug-likeness (QED) is 0.808. The second-order valence-corrected chi connectivity index (χ2v) is 3.23. The summed E-state index contributed by atoms with van der Waals surface area (Å²) in [5.74, 6) is 0.810. The van der Waals surface area contributed by atoms with Crippen LogP contribution in [-0.4, -0.2) is 13.2 Å². The molecule has 0 bridgehead atoms. The molecule has 0 aliphatic carbocycles. The van der Waals surface area contributed by atoms with Crippen molar-refractivity contribution in [1.29, 1.82) is 0 Å². The Morgan fingerprint density at radius 1 is 1.53 bits per heavy atom. The Morgan fingerprint density at radius 3 is 2.93 bits per heavy atom. The molecule has 2 N–H and O–H groups in total. The van der Waals surface area contributed by atoms with Crippen molar-refractivity contribution in [3.63, 3.8) is 0 Å². The second kappa shape index (κ2) is 6.19. The van der Waals surface area contributed by atoms with Gasteiger partial charge >= 0.3 is 0 Å². The SMILES string of the molecule is CCOc1cccc(CC(=CF)CN)c1. The highest BCUT2D eigenvalue weighted by Gasteiger charge is 2.00. The summed E-state index contributed by atoms with van der Waals surface area (Å²) in [4.78, 5) is 0. The van der Waals surface area contributed by atoms with Gasteiger partial charge in [-0.1, -0.05) is 12.1 Å². The summed E-state index contributed by atoms with van der Waals surface area (Å²) in [6.07, 6.45) is 1.11. The lowest BCUT2D eigenvalue weighted by Crippen LogP contribution is -2.05. The number of hydrogen-bond acceptors (Lipinski definition) is 2. The fourth-order valence-corrected chi connectivity index (χ4v) is 1.33. The highest BCUT2D eigenvalue weighted by atomic mass is 19.1. The van der Waals surface area contributed by atoms with E-state index in [9.17, 15) is 4.39 Å². The summed E-state index contributed by atoms with van der Waals surface area (Å²) < 4.78 is 17.7. The van der Waals surface area contributed by atoms with Crippen LogP contribution in [0, 0.1) is 0 Å². The molecule has 1 aromatic carbocycles. The van der Waals surface area contributed by atoms with E-state index in [1.54, 1.807) is 0 Å². The van der Waals surface area contributed by atoms with Gasteiger partial charge in [0.15, 0.2) is 0 Å². The maximum absolute atomic E-state index is 12.3. The van der Waals surface area contributed by atoms with Gasteiger partial charge in [-0.3, -0.25) is 0 Å². The smallest absolute Gasteiger partial charge is 0.119 e. The van der Waals surface area contributed by atoms with E-state index < -0.39 is 0 Å². The predicted octanol–water partition coefficient (Wildman–Crippen LogP) is 2.44. The van der Waals surface area contributed by atoms with E-state index in [1.807, 2.05) is 31.2 Å². The minimum absolute atomic E-state index is 0.245. The molecule has 0 saturated heterocycles. The minimum Gasteiger partial charge on any atom is -0.494 e. The van der Waals surface area contributed by atoms with Crippen molar-refractivity contribution < 1.29 is 9.13 Å². The van der Waals surface area contributed by atoms with Gasteiger partial charge in [-0.15, -0.1) is 0 Å². The van der Waals surface area contributed by atoms with Gasteiger partial charge in [0.2, 0.25) is 0 Å². The number of nitrogens with two attached hydrogens (primary N) is 1. The van der Waals surface area contributed by atoms with Crippen LogP contribution in [0.1, 0.15) is 12.5 Å². The fraction of sp³-hybridized carbons (Fsp3) is 0.333. The van der Waals surface area contributed by atoms with Gasteiger partial charge in [0.05, 0.1) is 12.9 Å². The first-order chi connectivity index (χ1) is 7.30. The van der Waals surface area contributed by atoms with Gasteiger partial charge < -0.3 is 10.5 Å². The van der Waals surface area contributed by atoms with Crippen LogP contribution in [0.2, 0.25) is 0 Å². The van der Waals surface area contributed by atoms with Crippen molar-refractivity contribution in [3.8, 4) is 5.75 Å². The molecule has 0 aromatic heterocycles. The summed E-state index contributed by atoms with van der Waals surface area (Å²) in [7, 11) is 0. The van der Waals surface area contributed by atoms with Gasteiger partial charge in [0.1, 0.15) is 5.75 Å². The van der Waals surface area contributed by atoms with Crippen LogP contribution in [0.5, 0.6) is 5.75 Å². The molecule has 0 amide bonds. The normalized spacial score (nSPS) is 11.5. The first kappa shape index (κ1) is 11.7. The molecular weight excluding hydrogens is 193 g/mol. The van der Waals surface area contributed by atoms with Crippen molar-refractivity contribution in [2.24, 2.45) is 5.73 Å². The molecule has 0 saturated carbocycles. The Hall–Kier alpha value is -1.35. The number of ether oxygens (including phenoxy) is 1. The molecule has 0 heterocycles. The zero-order valence-electron chi connectivity index (χ0n) is 8.87. The summed E-state index contributed by atoms with van der Waals surface area (Å²) >= 11 is 0. The van der Waals surface area contributed by atoms with E-state index in [0.29, 0.717) is 24.9 Å². The van der Waals surface area contributed by atoms with Crippen LogP contribution in [-0.2, 0) is 6.42 Å². The molecule has 0 fully saturated rings. The largest absolute Gasteiger partial charge is 0.494 e.